The summed E-state index contributed by atoms with van der Waals surface area (Å²) >= 11 is 0. The summed E-state index contributed by atoms with van der Waals surface area (Å²) in [5.74, 6) is 1.38. The highest BCUT2D eigenvalue weighted by Gasteiger charge is 2.36. The number of hydrogen-bond acceptors (Lipinski definition) is 3. The summed E-state index contributed by atoms with van der Waals surface area (Å²) in [5.41, 5.74) is 10.5. The summed E-state index contributed by atoms with van der Waals surface area (Å²) in [5, 5.41) is 9.51. The number of methoxy groups -OCH3 is 1. The molecule has 3 rings (SSSR count). The van der Waals surface area contributed by atoms with E-state index in [0.717, 1.165) is 25.2 Å². The molecule has 26 heavy (non-hydrogen) atoms. The van der Waals surface area contributed by atoms with E-state index in [1.54, 1.807) is 18.2 Å². The van der Waals surface area contributed by atoms with Gasteiger partial charge >= 0.3 is 0 Å². The van der Waals surface area contributed by atoms with E-state index in [9.17, 15) is 5.11 Å². The number of ether oxygens (including phenoxy) is 1. The molecule has 0 radical (unpaired) electrons. The van der Waals surface area contributed by atoms with Crippen LogP contribution in [-0.2, 0) is 17.6 Å². The second-order valence-corrected chi connectivity index (χ2v) is 8.93. The number of aliphatic hydroxyl groups is 1. The number of hydrogen-bond donors (Lipinski definition) is 2. The van der Waals surface area contributed by atoms with Gasteiger partial charge in [0, 0.05) is 12.6 Å². The first-order valence-corrected chi connectivity index (χ1v) is 10.6. The third kappa shape index (κ3) is 4.88. The van der Waals surface area contributed by atoms with Crippen LogP contribution in [0.25, 0.3) is 0 Å². The monoisotopic (exact) mass is 359 g/mol. The van der Waals surface area contributed by atoms with Gasteiger partial charge in [0.05, 0.1) is 12.7 Å². The van der Waals surface area contributed by atoms with Crippen LogP contribution in [-0.4, -0.2) is 30.5 Å². The molecule has 146 valence electrons. The Morgan fingerprint density at radius 3 is 2.85 bits per heavy atom. The Labute approximate surface area is 159 Å². The first-order valence-electron chi connectivity index (χ1n) is 10.6. The molecule has 1 fully saturated rings. The fraction of sp³-hybridized carbons (Fsp3) is 0.739. The van der Waals surface area contributed by atoms with Crippen molar-refractivity contribution in [3.63, 3.8) is 0 Å². The molecule has 1 aromatic rings. The summed E-state index contributed by atoms with van der Waals surface area (Å²) in [6, 6.07) is 7.15. The largest absolute Gasteiger partial charge is 0.394 e. The summed E-state index contributed by atoms with van der Waals surface area (Å²) < 4.78 is 5.34. The van der Waals surface area contributed by atoms with E-state index < -0.39 is 0 Å². The molecule has 0 aromatic heterocycles. The smallest absolute Gasteiger partial charge is 0.0611 e. The summed E-state index contributed by atoms with van der Waals surface area (Å²) in [6.07, 6.45) is 12.3. The van der Waals surface area contributed by atoms with Crippen LogP contribution >= 0.6 is 0 Å². The molecule has 2 aliphatic rings. The Hall–Kier alpha value is -0.900. The highest BCUT2D eigenvalue weighted by Crippen LogP contribution is 2.40. The van der Waals surface area contributed by atoms with Crippen LogP contribution in [0, 0.1) is 5.92 Å². The number of benzene rings is 1. The Balaban J connectivity index is 1.51. The molecule has 0 saturated heterocycles. The Bertz CT molecular complexity index is 588. The SMILES string of the molecule is COC(C)CCCCC1CCc2cc([C@H]3CC[C@](N)(CO)C3)ccc2C1. The molecule has 3 N–H and O–H groups in total. The molecule has 3 nitrogen and oxygen atoms in total. The molecular formula is C23H37NO2. The van der Waals surface area contributed by atoms with Gasteiger partial charge in [-0.2, -0.15) is 0 Å². The van der Waals surface area contributed by atoms with Crippen LogP contribution in [0.2, 0.25) is 0 Å². The summed E-state index contributed by atoms with van der Waals surface area (Å²) in [4.78, 5) is 0. The molecule has 0 amide bonds. The van der Waals surface area contributed by atoms with Crippen molar-refractivity contribution in [3.8, 4) is 0 Å². The third-order valence-electron chi connectivity index (χ3n) is 6.87. The minimum absolute atomic E-state index is 0.110. The number of aliphatic hydroxyl groups excluding tert-OH is 1. The van der Waals surface area contributed by atoms with Gasteiger partial charge in [0.1, 0.15) is 0 Å². The van der Waals surface area contributed by atoms with Crippen LogP contribution in [0.5, 0.6) is 0 Å². The number of rotatable bonds is 8. The lowest BCUT2D eigenvalue weighted by molar-refractivity contribution is 0.108. The maximum Gasteiger partial charge on any atom is 0.0611 e. The van der Waals surface area contributed by atoms with E-state index >= 15 is 0 Å². The predicted octanol–water partition coefficient (Wildman–Crippen LogP) is 4.34. The van der Waals surface area contributed by atoms with E-state index in [1.165, 1.54) is 50.5 Å². The quantitative estimate of drug-likeness (QED) is 0.679. The topological polar surface area (TPSA) is 55.5 Å². The summed E-state index contributed by atoms with van der Waals surface area (Å²) in [6.45, 7) is 2.27. The van der Waals surface area contributed by atoms with Crippen molar-refractivity contribution in [2.75, 3.05) is 13.7 Å². The lowest BCUT2D eigenvalue weighted by Crippen LogP contribution is -2.40. The fourth-order valence-electron chi connectivity index (χ4n) is 4.92. The fourth-order valence-corrected chi connectivity index (χ4v) is 4.92. The van der Waals surface area contributed by atoms with Crippen molar-refractivity contribution in [2.24, 2.45) is 11.7 Å². The lowest BCUT2D eigenvalue weighted by Gasteiger charge is -2.26. The van der Waals surface area contributed by atoms with Gasteiger partial charge in [-0.15, -0.1) is 0 Å². The molecule has 1 aromatic carbocycles. The molecular weight excluding hydrogens is 322 g/mol. The van der Waals surface area contributed by atoms with E-state index in [-0.39, 0.29) is 12.1 Å². The number of aryl methyl sites for hydroxylation is 1. The number of nitrogens with two attached hydrogens (primary N) is 1. The Morgan fingerprint density at radius 1 is 1.27 bits per heavy atom. The molecule has 0 heterocycles. The van der Waals surface area contributed by atoms with Gasteiger partial charge in [0.15, 0.2) is 0 Å². The zero-order valence-electron chi connectivity index (χ0n) is 16.7. The average molecular weight is 360 g/mol. The highest BCUT2D eigenvalue weighted by atomic mass is 16.5. The minimum Gasteiger partial charge on any atom is -0.394 e. The normalized spacial score (nSPS) is 29.5. The standard InChI is InChI=1S/C23H37NO2/c1-17(26-2)5-3-4-6-18-7-8-20-14-21(10-9-19(20)13-18)22-11-12-23(24,15-22)16-25/h9-10,14,17-18,22,25H,3-8,11-13,15-16,24H2,1-2H3/t17?,18?,22-,23+/m0/s1. The molecule has 1 saturated carbocycles. The predicted molar refractivity (Wildman–Crippen MR) is 107 cm³/mol. The molecule has 0 spiro atoms. The van der Waals surface area contributed by atoms with Crippen LogP contribution in [0.1, 0.15) is 80.9 Å². The van der Waals surface area contributed by atoms with Gasteiger partial charge in [-0.3, -0.25) is 0 Å². The van der Waals surface area contributed by atoms with E-state index in [4.69, 9.17) is 10.5 Å². The minimum atomic E-state index is -0.355. The van der Waals surface area contributed by atoms with E-state index in [1.807, 2.05) is 0 Å². The maximum absolute atomic E-state index is 9.51. The van der Waals surface area contributed by atoms with Crippen LogP contribution in [0.4, 0.5) is 0 Å². The van der Waals surface area contributed by atoms with Crippen molar-refractivity contribution >= 4 is 0 Å². The van der Waals surface area contributed by atoms with Crippen molar-refractivity contribution in [2.45, 2.75) is 88.7 Å². The molecule has 0 aliphatic heterocycles. The van der Waals surface area contributed by atoms with Crippen molar-refractivity contribution in [3.05, 3.63) is 34.9 Å². The van der Waals surface area contributed by atoms with Gasteiger partial charge in [-0.05, 0) is 80.4 Å². The highest BCUT2D eigenvalue weighted by molar-refractivity contribution is 5.36. The van der Waals surface area contributed by atoms with Gasteiger partial charge in [-0.25, -0.2) is 0 Å². The number of unbranched alkanes of at least 4 members (excludes halogenated alkanes) is 1. The second kappa shape index (κ2) is 8.86. The van der Waals surface area contributed by atoms with Crippen LogP contribution in [0.3, 0.4) is 0 Å². The summed E-state index contributed by atoms with van der Waals surface area (Å²) in [7, 11) is 1.81. The number of fused-ring (bicyclic) bond motifs is 1. The second-order valence-electron chi connectivity index (χ2n) is 8.93. The van der Waals surface area contributed by atoms with Crippen molar-refractivity contribution < 1.29 is 9.84 Å². The molecule has 3 heteroatoms. The first-order chi connectivity index (χ1) is 12.5. The van der Waals surface area contributed by atoms with Crippen molar-refractivity contribution in [1.82, 2.24) is 0 Å². The van der Waals surface area contributed by atoms with Crippen molar-refractivity contribution in [1.29, 1.82) is 0 Å². The third-order valence-corrected chi connectivity index (χ3v) is 6.87. The van der Waals surface area contributed by atoms with Crippen LogP contribution in [0.15, 0.2) is 18.2 Å². The zero-order chi connectivity index (χ0) is 18.6. The van der Waals surface area contributed by atoms with Gasteiger partial charge in [0.25, 0.3) is 0 Å². The van der Waals surface area contributed by atoms with E-state index in [2.05, 4.69) is 25.1 Å². The van der Waals surface area contributed by atoms with Gasteiger partial charge in [-0.1, -0.05) is 37.5 Å². The lowest BCUT2D eigenvalue weighted by atomic mass is 9.79. The Morgan fingerprint density at radius 2 is 2.12 bits per heavy atom. The average Bonchev–Trinajstić information content (AvgIpc) is 3.07. The molecule has 2 aliphatic carbocycles. The van der Waals surface area contributed by atoms with Gasteiger partial charge in [0.2, 0.25) is 0 Å². The van der Waals surface area contributed by atoms with E-state index in [0.29, 0.717) is 12.0 Å². The first kappa shape index (κ1) is 19.9. The molecule has 0 bridgehead atoms. The zero-order valence-corrected chi connectivity index (χ0v) is 16.7. The molecule has 4 atom stereocenters. The maximum atomic E-state index is 9.51. The molecule has 2 unspecified atom stereocenters. The Kier molecular flexibility index (Phi) is 6.76. The van der Waals surface area contributed by atoms with Crippen LogP contribution < -0.4 is 5.73 Å². The van der Waals surface area contributed by atoms with Gasteiger partial charge < -0.3 is 15.6 Å².